The fraction of sp³-hybridized carbons (Fsp3) is 0.250. The van der Waals surface area contributed by atoms with E-state index in [1.807, 2.05) is 6.07 Å². The average Bonchev–Trinajstić information content (AvgIpc) is 3.80. The average molecular weight is 697 g/mol. The number of para-hydroxylation sites is 2. The number of hydrogen-bond donors (Lipinski definition) is 0. The highest BCUT2D eigenvalue weighted by Gasteiger charge is 2.23. The van der Waals surface area contributed by atoms with Crippen LogP contribution in [0.4, 0.5) is 0 Å². The second-order valence-corrected chi connectivity index (χ2v) is 15.5. The van der Waals surface area contributed by atoms with E-state index in [1.165, 1.54) is 38.9 Å². The molecular weight excluding hydrogens is 649 g/mol. The number of pyridine rings is 1. The SMILES string of the molecule is CC(C)c1cccc(C(C)C)c1-c1cnc2c3cc(Oc4cn(-c5c(C(C)C)cccc5C(C)C)c(-c5ccccc5)n4)ccc3c3ccccc3n12. The number of rotatable bonds is 9. The van der Waals surface area contributed by atoms with E-state index >= 15 is 0 Å². The third-order valence-electron chi connectivity index (χ3n) is 10.6. The van der Waals surface area contributed by atoms with Gasteiger partial charge in [-0.15, -0.1) is 0 Å². The monoisotopic (exact) mass is 696 g/mol. The smallest absolute Gasteiger partial charge is 0.238 e. The van der Waals surface area contributed by atoms with Crippen LogP contribution in [0.5, 0.6) is 11.6 Å². The maximum Gasteiger partial charge on any atom is 0.238 e. The summed E-state index contributed by atoms with van der Waals surface area (Å²) in [5.41, 5.74) is 11.9. The standard InChI is InChI=1S/C48H48N4O/c1-29(2)35-19-14-20-36(30(3)4)45(35)43-27-49-48-41-26-34(24-25-39(41)40-18-12-13-23-42(40)52(43)48)53-44-28-51(47(50-44)33-16-10-9-11-17-33)46-37(31(5)6)21-15-22-38(46)32(7)8/h9-32H,1-8H3. The molecule has 0 unspecified atom stereocenters. The number of benzene rings is 5. The first-order valence-corrected chi connectivity index (χ1v) is 19.0. The minimum absolute atomic E-state index is 0.334. The van der Waals surface area contributed by atoms with Gasteiger partial charge in [-0.05, 0) is 75.6 Å². The number of nitrogens with zero attached hydrogens (tertiary/aromatic N) is 4. The van der Waals surface area contributed by atoms with Crippen LogP contribution < -0.4 is 4.74 Å². The lowest BCUT2D eigenvalue weighted by molar-refractivity contribution is 0.466. The molecule has 0 saturated heterocycles. The van der Waals surface area contributed by atoms with E-state index in [4.69, 9.17) is 14.7 Å². The molecule has 5 heteroatoms. The highest BCUT2D eigenvalue weighted by Crippen LogP contribution is 2.41. The quantitative estimate of drug-likeness (QED) is 0.141. The molecule has 0 atom stereocenters. The molecule has 53 heavy (non-hydrogen) atoms. The second-order valence-electron chi connectivity index (χ2n) is 15.5. The van der Waals surface area contributed by atoms with Crippen LogP contribution in [-0.2, 0) is 0 Å². The Morgan fingerprint density at radius 1 is 0.566 bits per heavy atom. The predicted molar refractivity (Wildman–Crippen MR) is 221 cm³/mol. The molecule has 0 bridgehead atoms. The van der Waals surface area contributed by atoms with Gasteiger partial charge in [-0.3, -0.25) is 8.97 Å². The van der Waals surface area contributed by atoms with Crippen LogP contribution in [0, 0.1) is 0 Å². The summed E-state index contributed by atoms with van der Waals surface area (Å²) in [6.45, 7) is 18.1. The van der Waals surface area contributed by atoms with E-state index in [0.717, 1.165) is 44.8 Å². The summed E-state index contributed by atoms with van der Waals surface area (Å²) in [4.78, 5) is 10.3. The molecule has 8 rings (SSSR count). The molecule has 0 N–H and O–H groups in total. The van der Waals surface area contributed by atoms with Crippen molar-refractivity contribution in [3.8, 4) is 40.0 Å². The molecule has 3 aromatic heterocycles. The van der Waals surface area contributed by atoms with Gasteiger partial charge in [0.05, 0.1) is 29.3 Å². The number of aromatic nitrogens is 4. The van der Waals surface area contributed by atoms with Gasteiger partial charge < -0.3 is 4.74 Å². The Kier molecular flexibility index (Phi) is 8.90. The van der Waals surface area contributed by atoms with Crippen LogP contribution in [0.3, 0.4) is 0 Å². The zero-order chi connectivity index (χ0) is 37.0. The number of imidazole rings is 2. The van der Waals surface area contributed by atoms with Crippen molar-refractivity contribution in [2.75, 3.05) is 0 Å². The molecule has 0 fully saturated rings. The van der Waals surface area contributed by atoms with Gasteiger partial charge >= 0.3 is 0 Å². The topological polar surface area (TPSA) is 44.3 Å². The normalized spacial score (nSPS) is 12.1. The summed E-state index contributed by atoms with van der Waals surface area (Å²) in [5.74, 6) is 3.52. The number of fused-ring (bicyclic) bond motifs is 6. The first-order chi connectivity index (χ1) is 25.6. The van der Waals surface area contributed by atoms with Crippen LogP contribution in [-0.4, -0.2) is 18.9 Å². The van der Waals surface area contributed by atoms with Gasteiger partial charge in [-0.1, -0.05) is 140 Å². The summed E-state index contributed by atoms with van der Waals surface area (Å²) in [6, 6.07) is 38.8. The lowest BCUT2D eigenvalue weighted by atomic mass is 9.87. The Hall–Kier alpha value is -5.68. The molecule has 0 aliphatic rings. The summed E-state index contributed by atoms with van der Waals surface area (Å²) in [7, 11) is 0. The fourth-order valence-corrected chi connectivity index (χ4v) is 7.99. The minimum atomic E-state index is 0.334. The molecular formula is C48H48N4O. The van der Waals surface area contributed by atoms with Crippen LogP contribution in [0.15, 0.2) is 122 Å². The van der Waals surface area contributed by atoms with Gasteiger partial charge in [0.15, 0.2) is 0 Å². The van der Waals surface area contributed by atoms with Gasteiger partial charge in [0.25, 0.3) is 0 Å². The van der Waals surface area contributed by atoms with Crippen LogP contribution in [0.2, 0.25) is 0 Å². The van der Waals surface area contributed by atoms with E-state index < -0.39 is 0 Å². The fourth-order valence-electron chi connectivity index (χ4n) is 7.99. The largest absolute Gasteiger partial charge is 0.437 e. The van der Waals surface area contributed by atoms with Crippen molar-refractivity contribution in [1.82, 2.24) is 18.9 Å². The van der Waals surface area contributed by atoms with E-state index in [0.29, 0.717) is 29.6 Å². The number of ether oxygens (including phenoxy) is 1. The van der Waals surface area contributed by atoms with Crippen molar-refractivity contribution in [2.24, 2.45) is 0 Å². The Morgan fingerprint density at radius 2 is 1.17 bits per heavy atom. The molecule has 266 valence electrons. The molecule has 0 spiro atoms. The van der Waals surface area contributed by atoms with E-state index in [1.54, 1.807) is 0 Å². The van der Waals surface area contributed by atoms with E-state index in [-0.39, 0.29) is 0 Å². The van der Waals surface area contributed by atoms with Crippen molar-refractivity contribution in [3.05, 3.63) is 144 Å². The Morgan fingerprint density at radius 3 is 1.81 bits per heavy atom. The Balaban J connectivity index is 1.32. The molecule has 5 aromatic carbocycles. The van der Waals surface area contributed by atoms with Gasteiger partial charge in [-0.2, -0.15) is 4.98 Å². The van der Waals surface area contributed by atoms with Crippen LogP contribution in [0.25, 0.3) is 55.7 Å². The minimum Gasteiger partial charge on any atom is -0.437 e. The highest BCUT2D eigenvalue weighted by molar-refractivity contribution is 6.12. The Bertz CT molecular complexity index is 2550. The van der Waals surface area contributed by atoms with Gasteiger partial charge in [-0.25, -0.2) is 4.98 Å². The third kappa shape index (κ3) is 5.98. The molecule has 3 heterocycles. The molecule has 0 amide bonds. The zero-order valence-electron chi connectivity index (χ0n) is 32.1. The summed E-state index contributed by atoms with van der Waals surface area (Å²) in [6.07, 6.45) is 4.12. The highest BCUT2D eigenvalue weighted by atomic mass is 16.5. The lowest BCUT2D eigenvalue weighted by Crippen LogP contribution is -2.07. The predicted octanol–water partition coefficient (Wildman–Crippen LogP) is 13.4. The van der Waals surface area contributed by atoms with E-state index in [9.17, 15) is 0 Å². The molecule has 0 aliphatic heterocycles. The van der Waals surface area contributed by atoms with Crippen molar-refractivity contribution < 1.29 is 4.74 Å². The maximum atomic E-state index is 6.74. The molecule has 0 saturated carbocycles. The third-order valence-corrected chi connectivity index (χ3v) is 10.6. The zero-order valence-corrected chi connectivity index (χ0v) is 32.1. The molecule has 5 nitrogen and oxygen atoms in total. The molecule has 0 radical (unpaired) electrons. The van der Waals surface area contributed by atoms with Crippen LogP contribution in [0.1, 0.15) is 101 Å². The second kappa shape index (κ2) is 13.7. The lowest BCUT2D eigenvalue weighted by Gasteiger charge is -2.21. The van der Waals surface area contributed by atoms with E-state index in [2.05, 4.69) is 180 Å². The first kappa shape index (κ1) is 34.4. The van der Waals surface area contributed by atoms with Crippen molar-refractivity contribution in [3.63, 3.8) is 0 Å². The maximum absolute atomic E-state index is 6.74. The Labute approximate surface area is 312 Å². The van der Waals surface area contributed by atoms with Gasteiger partial charge in [0, 0.05) is 21.9 Å². The summed E-state index contributed by atoms with van der Waals surface area (Å²) < 4.78 is 11.3. The van der Waals surface area contributed by atoms with Gasteiger partial charge in [0.2, 0.25) is 5.88 Å². The van der Waals surface area contributed by atoms with Crippen molar-refractivity contribution in [2.45, 2.75) is 79.1 Å². The number of hydrogen-bond acceptors (Lipinski definition) is 3. The molecule has 8 aromatic rings. The van der Waals surface area contributed by atoms with Crippen molar-refractivity contribution in [1.29, 1.82) is 0 Å². The van der Waals surface area contributed by atoms with Crippen molar-refractivity contribution >= 4 is 27.3 Å². The van der Waals surface area contributed by atoms with Gasteiger partial charge in [0.1, 0.15) is 17.2 Å². The van der Waals surface area contributed by atoms with Crippen LogP contribution >= 0.6 is 0 Å². The summed E-state index contributed by atoms with van der Waals surface area (Å²) >= 11 is 0. The molecule has 0 aliphatic carbocycles. The first-order valence-electron chi connectivity index (χ1n) is 19.0. The summed E-state index contributed by atoms with van der Waals surface area (Å²) in [5, 5.41) is 3.35.